The average Bonchev–Trinajstić information content (AvgIpc) is 2.55. The first-order chi connectivity index (χ1) is 10.8. The zero-order chi connectivity index (χ0) is 17.3. The first-order valence-corrected chi connectivity index (χ1v) is 7.42. The summed E-state index contributed by atoms with van der Waals surface area (Å²) < 4.78 is 10.6. The summed E-state index contributed by atoms with van der Waals surface area (Å²) in [5.41, 5.74) is 0. The second kappa shape index (κ2) is 7.66. The third-order valence-corrected chi connectivity index (χ3v) is 4.45. The Bertz CT molecular complexity index is 344. The number of hydrogen-bond donors (Lipinski definition) is 8. The molecular formula is C13H24O10. The van der Waals surface area contributed by atoms with Crippen LogP contribution in [0.1, 0.15) is 6.42 Å². The molecule has 0 spiro atoms. The molecule has 10 heteroatoms. The van der Waals surface area contributed by atoms with E-state index in [0.29, 0.717) is 0 Å². The molecule has 2 saturated heterocycles. The minimum absolute atomic E-state index is 0.192. The summed E-state index contributed by atoms with van der Waals surface area (Å²) in [4.78, 5) is 0. The number of aliphatic hydroxyl groups excluding tert-OH is 8. The van der Waals surface area contributed by atoms with E-state index in [9.17, 15) is 30.6 Å². The molecule has 0 amide bonds. The van der Waals surface area contributed by atoms with Crippen molar-refractivity contribution in [2.75, 3.05) is 13.2 Å². The van der Waals surface area contributed by atoms with Crippen molar-refractivity contribution in [1.29, 1.82) is 0 Å². The van der Waals surface area contributed by atoms with Gasteiger partial charge < -0.3 is 50.3 Å². The predicted molar refractivity (Wildman–Crippen MR) is 72.2 cm³/mol. The fourth-order valence-corrected chi connectivity index (χ4v) is 2.98. The second-order valence-electron chi connectivity index (χ2n) is 5.97. The van der Waals surface area contributed by atoms with Crippen molar-refractivity contribution in [2.45, 2.75) is 67.5 Å². The first-order valence-electron chi connectivity index (χ1n) is 7.42. The Morgan fingerprint density at radius 3 is 1.09 bits per heavy atom. The third kappa shape index (κ3) is 3.66. The smallest absolute Gasteiger partial charge is 0.111 e. The van der Waals surface area contributed by atoms with Crippen LogP contribution in [0, 0.1) is 0 Å². The zero-order valence-electron chi connectivity index (χ0n) is 12.3. The molecule has 0 aromatic heterocycles. The largest absolute Gasteiger partial charge is 0.394 e. The van der Waals surface area contributed by atoms with Crippen molar-refractivity contribution in [3.63, 3.8) is 0 Å². The molecule has 2 aliphatic heterocycles. The maximum absolute atomic E-state index is 9.96. The lowest BCUT2D eigenvalue weighted by molar-refractivity contribution is -0.262. The van der Waals surface area contributed by atoms with E-state index >= 15 is 0 Å². The van der Waals surface area contributed by atoms with Gasteiger partial charge in [-0.15, -0.1) is 0 Å². The molecule has 136 valence electrons. The normalized spacial score (nSPS) is 51.7. The Morgan fingerprint density at radius 1 is 0.478 bits per heavy atom. The van der Waals surface area contributed by atoms with Gasteiger partial charge in [0.25, 0.3) is 0 Å². The Labute approximate surface area is 132 Å². The van der Waals surface area contributed by atoms with Gasteiger partial charge in [-0.1, -0.05) is 0 Å². The summed E-state index contributed by atoms with van der Waals surface area (Å²) in [5.74, 6) is 0. The molecule has 2 heterocycles. The fourth-order valence-electron chi connectivity index (χ4n) is 2.98. The number of hydrogen-bond acceptors (Lipinski definition) is 10. The van der Waals surface area contributed by atoms with Gasteiger partial charge in [-0.05, 0) is 0 Å². The highest BCUT2D eigenvalue weighted by Crippen LogP contribution is 2.29. The van der Waals surface area contributed by atoms with Gasteiger partial charge in [0, 0.05) is 6.42 Å². The summed E-state index contributed by atoms with van der Waals surface area (Å²) in [7, 11) is 0. The fraction of sp³-hybridized carbons (Fsp3) is 1.00. The van der Waals surface area contributed by atoms with Gasteiger partial charge >= 0.3 is 0 Å². The molecule has 0 radical (unpaired) electrons. The summed E-state index contributed by atoms with van der Waals surface area (Å²) >= 11 is 0. The van der Waals surface area contributed by atoms with E-state index in [1.165, 1.54) is 0 Å². The van der Waals surface area contributed by atoms with Crippen molar-refractivity contribution in [3.8, 4) is 0 Å². The summed E-state index contributed by atoms with van der Waals surface area (Å²) in [5, 5.41) is 77.1. The van der Waals surface area contributed by atoms with E-state index in [2.05, 4.69) is 0 Å². The molecule has 2 aliphatic rings. The summed E-state index contributed by atoms with van der Waals surface area (Å²) in [6, 6.07) is 0. The van der Waals surface area contributed by atoms with E-state index in [-0.39, 0.29) is 6.42 Å². The molecule has 0 aliphatic carbocycles. The zero-order valence-corrected chi connectivity index (χ0v) is 12.3. The average molecular weight is 340 g/mol. The van der Waals surface area contributed by atoms with Crippen LogP contribution >= 0.6 is 0 Å². The molecule has 2 fully saturated rings. The highest BCUT2D eigenvalue weighted by Gasteiger charge is 2.48. The van der Waals surface area contributed by atoms with Crippen molar-refractivity contribution in [1.82, 2.24) is 0 Å². The minimum Gasteiger partial charge on any atom is -0.394 e. The maximum atomic E-state index is 9.96. The standard InChI is InChI=1S/C13H24O10/c14-2-6-10(18)12(20)8(16)4(22-6)1-5-9(17)13(21)11(19)7(3-15)23-5/h4-21H,1-3H2/t4-,5+,6-,7-,8+,9-,10-,11-,12-,13-/m1/s1. The van der Waals surface area contributed by atoms with Crippen LogP contribution in [-0.2, 0) is 9.47 Å². The van der Waals surface area contributed by atoms with E-state index in [1.54, 1.807) is 0 Å². The van der Waals surface area contributed by atoms with Crippen molar-refractivity contribution < 1.29 is 50.3 Å². The minimum atomic E-state index is -1.56. The lowest BCUT2D eigenvalue weighted by atomic mass is 9.87. The molecule has 10 nitrogen and oxygen atoms in total. The lowest BCUT2D eigenvalue weighted by Gasteiger charge is -2.44. The van der Waals surface area contributed by atoms with Crippen LogP contribution in [0.2, 0.25) is 0 Å². The number of aliphatic hydroxyl groups is 8. The highest BCUT2D eigenvalue weighted by atomic mass is 16.6. The van der Waals surface area contributed by atoms with E-state index in [0.717, 1.165) is 0 Å². The predicted octanol–water partition coefficient (Wildman–Crippen LogP) is -4.94. The monoisotopic (exact) mass is 340 g/mol. The van der Waals surface area contributed by atoms with Crippen LogP contribution in [0.25, 0.3) is 0 Å². The number of ether oxygens (including phenoxy) is 2. The first kappa shape index (κ1) is 18.9. The molecule has 0 aromatic carbocycles. The van der Waals surface area contributed by atoms with E-state index in [4.69, 9.17) is 19.7 Å². The Hall–Kier alpha value is -0.400. The van der Waals surface area contributed by atoms with Gasteiger partial charge in [0.1, 0.15) is 48.8 Å². The molecular weight excluding hydrogens is 316 g/mol. The quantitative estimate of drug-likeness (QED) is 0.247. The van der Waals surface area contributed by atoms with Gasteiger partial charge in [0.2, 0.25) is 0 Å². The molecule has 23 heavy (non-hydrogen) atoms. The SMILES string of the molecule is OC[C@H]1O[C@H](C[C@@H]2O[C@H](CO)[C@@H](O)[C@H](O)[C@@H]2O)[C@H](O)[C@@H](O)[C@@H]1O. The molecule has 10 atom stereocenters. The van der Waals surface area contributed by atoms with Crippen molar-refractivity contribution in [3.05, 3.63) is 0 Å². The molecule has 0 aromatic rings. The van der Waals surface area contributed by atoms with Gasteiger partial charge in [0.15, 0.2) is 0 Å². The van der Waals surface area contributed by atoms with Crippen LogP contribution < -0.4 is 0 Å². The summed E-state index contributed by atoms with van der Waals surface area (Å²) in [6.07, 6.45) is -13.7. The molecule has 0 unspecified atom stereocenters. The molecule has 0 bridgehead atoms. The topological polar surface area (TPSA) is 180 Å². The van der Waals surface area contributed by atoms with E-state index in [1.807, 2.05) is 0 Å². The van der Waals surface area contributed by atoms with Gasteiger partial charge in [0.05, 0.1) is 25.4 Å². The lowest BCUT2D eigenvalue weighted by Crippen LogP contribution is -2.62. The third-order valence-electron chi connectivity index (χ3n) is 4.45. The Morgan fingerprint density at radius 2 is 0.783 bits per heavy atom. The van der Waals surface area contributed by atoms with Crippen LogP contribution in [0.4, 0.5) is 0 Å². The van der Waals surface area contributed by atoms with Crippen LogP contribution in [0.15, 0.2) is 0 Å². The Balaban J connectivity index is 2.07. The maximum Gasteiger partial charge on any atom is 0.111 e. The van der Waals surface area contributed by atoms with Crippen LogP contribution in [-0.4, -0.2) is 115 Å². The second-order valence-corrected chi connectivity index (χ2v) is 5.97. The van der Waals surface area contributed by atoms with Crippen molar-refractivity contribution in [2.24, 2.45) is 0 Å². The van der Waals surface area contributed by atoms with Crippen molar-refractivity contribution >= 4 is 0 Å². The van der Waals surface area contributed by atoms with Crippen LogP contribution in [0.5, 0.6) is 0 Å². The van der Waals surface area contributed by atoms with Crippen LogP contribution in [0.3, 0.4) is 0 Å². The van der Waals surface area contributed by atoms with Gasteiger partial charge in [-0.25, -0.2) is 0 Å². The molecule has 8 N–H and O–H groups in total. The van der Waals surface area contributed by atoms with Gasteiger partial charge in [-0.2, -0.15) is 0 Å². The molecule has 2 rings (SSSR count). The number of rotatable bonds is 4. The van der Waals surface area contributed by atoms with E-state index < -0.39 is 74.3 Å². The highest BCUT2D eigenvalue weighted by molar-refractivity contribution is 4.97. The Kier molecular flexibility index (Phi) is 6.30. The molecule has 0 saturated carbocycles. The summed E-state index contributed by atoms with van der Waals surface area (Å²) in [6.45, 7) is -1.17. The van der Waals surface area contributed by atoms with Gasteiger partial charge in [-0.3, -0.25) is 0 Å².